The van der Waals surface area contributed by atoms with E-state index in [0.717, 1.165) is 22.6 Å². The fourth-order valence-electron chi connectivity index (χ4n) is 3.27. The van der Waals surface area contributed by atoms with Gasteiger partial charge in [0.2, 0.25) is 0 Å². The third kappa shape index (κ3) is 3.08. The minimum atomic E-state index is -0.355. The van der Waals surface area contributed by atoms with Crippen molar-refractivity contribution in [3.8, 4) is 5.75 Å². The van der Waals surface area contributed by atoms with Crippen molar-refractivity contribution in [2.24, 2.45) is 0 Å². The van der Waals surface area contributed by atoms with Gasteiger partial charge in [-0.25, -0.2) is 5.01 Å². The number of ether oxygens (including phenoxy) is 1. The van der Waals surface area contributed by atoms with Crippen molar-refractivity contribution in [2.45, 2.75) is 13.0 Å². The van der Waals surface area contributed by atoms with Gasteiger partial charge < -0.3 is 9.15 Å². The highest BCUT2D eigenvalue weighted by Crippen LogP contribution is 2.35. The van der Waals surface area contributed by atoms with Crippen molar-refractivity contribution in [1.82, 2.24) is 10.4 Å². The Kier molecular flexibility index (Phi) is 4.42. The number of carbonyl (C=O) groups excluding carboxylic acids is 1. The molecular weight excluding hydrogens is 340 g/mol. The molecule has 1 aromatic heterocycles. The SMILES string of the molecule is COc1ccccc1C1=C[C@H](c2ccco2)N(C(=O)c2ccccc2C)N1. The van der Waals surface area contributed by atoms with Crippen molar-refractivity contribution in [2.75, 3.05) is 7.11 Å². The van der Waals surface area contributed by atoms with Crippen LogP contribution in [-0.2, 0) is 0 Å². The molecule has 2 heterocycles. The van der Waals surface area contributed by atoms with Crippen LogP contribution in [0.1, 0.15) is 33.3 Å². The van der Waals surface area contributed by atoms with Crippen molar-refractivity contribution in [1.29, 1.82) is 0 Å². The Labute approximate surface area is 157 Å². The van der Waals surface area contributed by atoms with Gasteiger partial charge in [-0.15, -0.1) is 0 Å². The second kappa shape index (κ2) is 7.03. The number of nitrogens with one attached hydrogen (secondary N) is 1. The second-order valence-corrected chi connectivity index (χ2v) is 6.34. The van der Waals surface area contributed by atoms with E-state index in [4.69, 9.17) is 9.15 Å². The summed E-state index contributed by atoms with van der Waals surface area (Å²) in [6.07, 6.45) is 3.59. The Bertz CT molecular complexity index is 992. The number of amides is 1. The van der Waals surface area contributed by atoms with Gasteiger partial charge in [0.25, 0.3) is 5.91 Å². The van der Waals surface area contributed by atoms with Crippen LogP contribution < -0.4 is 10.2 Å². The van der Waals surface area contributed by atoms with Crippen molar-refractivity contribution < 1.29 is 13.9 Å². The number of nitrogens with zero attached hydrogens (tertiary/aromatic N) is 1. The fraction of sp³-hybridized carbons (Fsp3) is 0.136. The first-order valence-corrected chi connectivity index (χ1v) is 8.73. The van der Waals surface area contributed by atoms with Gasteiger partial charge in [0, 0.05) is 11.1 Å². The zero-order chi connectivity index (χ0) is 18.8. The predicted molar refractivity (Wildman–Crippen MR) is 103 cm³/mol. The molecule has 0 spiro atoms. The molecule has 2 aromatic carbocycles. The number of hydrogen-bond donors (Lipinski definition) is 1. The Hall–Kier alpha value is -3.47. The Morgan fingerprint density at radius 3 is 2.59 bits per heavy atom. The molecule has 136 valence electrons. The molecule has 0 unspecified atom stereocenters. The highest BCUT2D eigenvalue weighted by atomic mass is 16.5. The maximum atomic E-state index is 13.3. The van der Waals surface area contributed by atoms with E-state index in [1.54, 1.807) is 18.4 Å². The van der Waals surface area contributed by atoms with Gasteiger partial charge in [-0.05, 0) is 48.9 Å². The smallest absolute Gasteiger partial charge is 0.273 e. The average Bonchev–Trinajstić information content (AvgIpc) is 3.37. The molecule has 0 saturated heterocycles. The third-order valence-corrected chi connectivity index (χ3v) is 4.67. The first kappa shape index (κ1) is 17.0. The van der Waals surface area contributed by atoms with Crippen LogP contribution in [0.2, 0.25) is 0 Å². The molecule has 0 saturated carbocycles. The fourth-order valence-corrected chi connectivity index (χ4v) is 3.27. The van der Waals surface area contributed by atoms with E-state index in [1.807, 2.05) is 73.7 Å². The van der Waals surface area contributed by atoms with Gasteiger partial charge in [0.1, 0.15) is 17.6 Å². The number of furan rings is 1. The lowest BCUT2D eigenvalue weighted by Crippen LogP contribution is -2.39. The number of hydrazine groups is 1. The summed E-state index contributed by atoms with van der Waals surface area (Å²) in [6.45, 7) is 1.93. The van der Waals surface area contributed by atoms with Crippen molar-refractivity contribution in [3.05, 3.63) is 95.5 Å². The van der Waals surface area contributed by atoms with E-state index in [1.165, 1.54) is 0 Å². The first-order chi connectivity index (χ1) is 13.2. The second-order valence-electron chi connectivity index (χ2n) is 6.34. The summed E-state index contributed by atoms with van der Waals surface area (Å²) in [5.41, 5.74) is 6.51. The predicted octanol–water partition coefficient (Wildman–Crippen LogP) is 4.34. The van der Waals surface area contributed by atoms with Crippen molar-refractivity contribution >= 4 is 11.6 Å². The number of hydrogen-bond acceptors (Lipinski definition) is 4. The number of aryl methyl sites for hydroxylation is 1. The minimum absolute atomic E-state index is 0.115. The van der Waals surface area contributed by atoms with Crippen LogP contribution in [0, 0.1) is 6.92 Å². The highest BCUT2D eigenvalue weighted by molar-refractivity contribution is 5.97. The summed E-state index contributed by atoms with van der Waals surface area (Å²) in [5.74, 6) is 1.31. The zero-order valence-corrected chi connectivity index (χ0v) is 15.2. The third-order valence-electron chi connectivity index (χ3n) is 4.67. The normalized spacial score (nSPS) is 16.0. The van der Waals surface area contributed by atoms with Gasteiger partial charge in [0.05, 0.1) is 19.1 Å². The molecule has 1 amide bonds. The van der Waals surface area contributed by atoms with Crippen LogP contribution in [0.15, 0.2) is 77.4 Å². The van der Waals surface area contributed by atoms with E-state index in [9.17, 15) is 4.79 Å². The number of carbonyl (C=O) groups is 1. The first-order valence-electron chi connectivity index (χ1n) is 8.73. The lowest BCUT2D eigenvalue weighted by atomic mass is 10.1. The van der Waals surface area contributed by atoms with Gasteiger partial charge in [0.15, 0.2) is 0 Å². The maximum Gasteiger partial charge on any atom is 0.273 e. The summed E-state index contributed by atoms with van der Waals surface area (Å²) in [5, 5.41) is 1.60. The van der Waals surface area contributed by atoms with Crippen LogP contribution in [0.5, 0.6) is 5.75 Å². The molecule has 5 heteroatoms. The maximum absolute atomic E-state index is 13.3. The highest BCUT2D eigenvalue weighted by Gasteiger charge is 2.34. The molecule has 1 atom stereocenters. The van der Waals surface area contributed by atoms with E-state index in [0.29, 0.717) is 11.3 Å². The molecule has 27 heavy (non-hydrogen) atoms. The van der Waals surface area contributed by atoms with Crippen LogP contribution in [0.3, 0.4) is 0 Å². The largest absolute Gasteiger partial charge is 0.496 e. The molecule has 0 fully saturated rings. The quantitative estimate of drug-likeness (QED) is 0.752. The summed E-state index contributed by atoms with van der Waals surface area (Å²) < 4.78 is 11.1. The van der Waals surface area contributed by atoms with Gasteiger partial charge in [-0.3, -0.25) is 10.2 Å². The molecule has 5 nitrogen and oxygen atoms in total. The lowest BCUT2D eigenvalue weighted by molar-refractivity contribution is 0.0654. The molecule has 1 N–H and O–H groups in total. The van der Waals surface area contributed by atoms with E-state index < -0.39 is 0 Å². The van der Waals surface area contributed by atoms with E-state index in [-0.39, 0.29) is 11.9 Å². The Morgan fingerprint density at radius 1 is 1.07 bits per heavy atom. The monoisotopic (exact) mass is 360 g/mol. The van der Waals surface area contributed by atoms with Gasteiger partial charge in [-0.2, -0.15) is 0 Å². The minimum Gasteiger partial charge on any atom is -0.496 e. The number of rotatable bonds is 4. The zero-order valence-electron chi connectivity index (χ0n) is 15.2. The average molecular weight is 360 g/mol. The van der Waals surface area contributed by atoms with Gasteiger partial charge in [-0.1, -0.05) is 30.3 Å². The summed E-state index contributed by atoms with van der Waals surface area (Å²) >= 11 is 0. The molecule has 0 radical (unpaired) electrons. The summed E-state index contributed by atoms with van der Waals surface area (Å²) in [7, 11) is 1.63. The molecule has 0 bridgehead atoms. The number of benzene rings is 2. The molecule has 4 rings (SSSR count). The standard InChI is InChI=1S/C22H20N2O3/c1-15-8-3-4-9-16(15)22(25)24-19(21-12-7-13-27-21)14-18(23-24)17-10-5-6-11-20(17)26-2/h3-14,19,23H,1-2H3/t19-/m1/s1. The lowest BCUT2D eigenvalue weighted by Gasteiger charge is -2.25. The van der Waals surface area contributed by atoms with Crippen molar-refractivity contribution in [3.63, 3.8) is 0 Å². The Morgan fingerprint density at radius 2 is 1.85 bits per heavy atom. The molecular formula is C22H20N2O3. The topological polar surface area (TPSA) is 54.7 Å². The van der Waals surface area contributed by atoms with Crippen LogP contribution in [-0.4, -0.2) is 18.0 Å². The van der Waals surface area contributed by atoms with Crippen LogP contribution in [0.25, 0.3) is 5.70 Å². The Balaban J connectivity index is 1.74. The summed E-state index contributed by atoms with van der Waals surface area (Å²) in [6, 6.07) is 18.6. The molecule has 0 aliphatic carbocycles. The van der Waals surface area contributed by atoms with E-state index in [2.05, 4.69) is 5.43 Å². The number of methoxy groups -OCH3 is 1. The molecule has 1 aliphatic rings. The van der Waals surface area contributed by atoms with Gasteiger partial charge >= 0.3 is 0 Å². The number of para-hydroxylation sites is 1. The molecule has 3 aromatic rings. The summed E-state index contributed by atoms with van der Waals surface area (Å²) in [4.78, 5) is 13.3. The van der Waals surface area contributed by atoms with Crippen LogP contribution in [0.4, 0.5) is 0 Å². The van der Waals surface area contributed by atoms with E-state index >= 15 is 0 Å². The van der Waals surface area contributed by atoms with Crippen LogP contribution >= 0.6 is 0 Å². The molecule has 1 aliphatic heterocycles.